The number of carbonyl (C=O) groups excluding carboxylic acids is 1. The van der Waals surface area contributed by atoms with E-state index in [2.05, 4.69) is 20.8 Å². The van der Waals surface area contributed by atoms with E-state index in [1.165, 1.54) is 0 Å². The summed E-state index contributed by atoms with van der Waals surface area (Å²) in [6, 6.07) is 7.56. The van der Waals surface area contributed by atoms with Crippen LogP contribution in [0.4, 0.5) is 0 Å². The number of hydrogen-bond acceptors (Lipinski definition) is 2. The molecule has 0 aliphatic heterocycles. The van der Waals surface area contributed by atoms with Crippen LogP contribution in [0, 0.1) is 12.3 Å². The number of hydrogen-bond donors (Lipinski definition) is 1. The molecule has 88 valence electrons. The number of benzene rings is 1. The second-order valence-corrected chi connectivity index (χ2v) is 5.41. The molecule has 1 unspecified atom stereocenters. The molecule has 0 aliphatic carbocycles. The first kappa shape index (κ1) is 12.9. The van der Waals surface area contributed by atoms with Crippen LogP contribution in [0.3, 0.4) is 0 Å². The molecule has 0 aliphatic rings. The largest absolute Gasteiger partial charge is 0.327 e. The van der Waals surface area contributed by atoms with Crippen molar-refractivity contribution < 1.29 is 4.79 Å². The van der Waals surface area contributed by atoms with Crippen LogP contribution in [-0.4, -0.2) is 11.8 Å². The molecule has 0 bridgehead atoms. The Kier molecular flexibility index (Phi) is 3.87. The molecule has 0 saturated heterocycles. The number of Topliss-reactive ketones (excluding diaryl/α,β-unsaturated/α-hetero) is 1. The van der Waals surface area contributed by atoms with E-state index >= 15 is 0 Å². The van der Waals surface area contributed by atoms with Crippen LogP contribution in [0.1, 0.15) is 43.1 Å². The predicted octanol–water partition coefficient (Wildman–Crippen LogP) is 2.94. The van der Waals surface area contributed by atoms with Crippen LogP contribution >= 0.6 is 0 Å². The maximum absolute atomic E-state index is 12.0. The highest BCUT2D eigenvalue weighted by Crippen LogP contribution is 2.22. The van der Waals surface area contributed by atoms with Gasteiger partial charge in [-0.05, 0) is 17.9 Å². The van der Waals surface area contributed by atoms with Gasteiger partial charge in [-0.1, -0.05) is 45.0 Å². The molecular formula is C14H21NO. The van der Waals surface area contributed by atoms with Crippen LogP contribution in [0.5, 0.6) is 0 Å². The van der Waals surface area contributed by atoms with Crippen molar-refractivity contribution in [3.63, 3.8) is 0 Å². The van der Waals surface area contributed by atoms with E-state index in [1.807, 2.05) is 31.2 Å². The number of ketones is 1. The Hall–Kier alpha value is -1.15. The monoisotopic (exact) mass is 219 g/mol. The average Bonchev–Trinajstić information content (AvgIpc) is 2.16. The minimum absolute atomic E-state index is 0.0294. The molecule has 0 radical (unpaired) electrons. The Morgan fingerprint density at radius 2 is 1.88 bits per heavy atom. The third-order valence-corrected chi connectivity index (χ3v) is 2.96. The van der Waals surface area contributed by atoms with Crippen molar-refractivity contribution in [2.45, 2.75) is 40.2 Å². The molecule has 0 spiro atoms. The zero-order chi connectivity index (χ0) is 12.3. The summed E-state index contributed by atoms with van der Waals surface area (Å²) in [6.45, 7) is 8.13. The second-order valence-electron chi connectivity index (χ2n) is 5.41. The first-order valence-electron chi connectivity index (χ1n) is 5.67. The minimum atomic E-state index is -0.0976. The normalized spacial score (nSPS) is 13.6. The van der Waals surface area contributed by atoms with Gasteiger partial charge in [-0.3, -0.25) is 4.79 Å². The van der Waals surface area contributed by atoms with Crippen LogP contribution < -0.4 is 5.73 Å². The Morgan fingerprint density at radius 3 is 2.38 bits per heavy atom. The van der Waals surface area contributed by atoms with E-state index in [1.54, 1.807) is 0 Å². The SMILES string of the molecule is Cc1ccccc1C(=O)CC(N)C(C)(C)C. The van der Waals surface area contributed by atoms with E-state index in [9.17, 15) is 4.79 Å². The quantitative estimate of drug-likeness (QED) is 0.794. The predicted molar refractivity (Wildman–Crippen MR) is 67.6 cm³/mol. The maximum Gasteiger partial charge on any atom is 0.164 e. The second kappa shape index (κ2) is 4.79. The summed E-state index contributed by atoms with van der Waals surface area (Å²) >= 11 is 0. The van der Waals surface area contributed by atoms with Crippen LogP contribution in [0.2, 0.25) is 0 Å². The van der Waals surface area contributed by atoms with Crippen molar-refractivity contribution in [1.29, 1.82) is 0 Å². The molecular weight excluding hydrogens is 198 g/mol. The third-order valence-electron chi connectivity index (χ3n) is 2.96. The summed E-state index contributed by atoms with van der Waals surface area (Å²) < 4.78 is 0. The van der Waals surface area contributed by atoms with Gasteiger partial charge < -0.3 is 5.73 Å². The van der Waals surface area contributed by atoms with E-state index in [0.29, 0.717) is 6.42 Å². The van der Waals surface area contributed by atoms with Gasteiger partial charge in [0.05, 0.1) is 0 Å². The summed E-state index contributed by atoms with van der Waals surface area (Å²) in [5, 5.41) is 0. The van der Waals surface area contributed by atoms with Gasteiger partial charge in [0.25, 0.3) is 0 Å². The van der Waals surface area contributed by atoms with Crippen molar-refractivity contribution in [2.24, 2.45) is 11.1 Å². The van der Waals surface area contributed by atoms with Crippen molar-refractivity contribution in [2.75, 3.05) is 0 Å². The molecule has 0 aromatic heterocycles. The van der Waals surface area contributed by atoms with Gasteiger partial charge in [0.2, 0.25) is 0 Å². The molecule has 1 aromatic rings. The van der Waals surface area contributed by atoms with Crippen molar-refractivity contribution in [1.82, 2.24) is 0 Å². The number of rotatable bonds is 3. The highest BCUT2D eigenvalue weighted by Gasteiger charge is 2.23. The first-order chi connectivity index (χ1) is 7.32. The molecule has 1 atom stereocenters. The minimum Gasteiger partial charge on any atom is -0.327 e. The topological polar surface area (TPSA) is 43.1 Å². The van der Waals surface area contributed by atoms with Crippen molar-refractivity contribution in [3.8, 4) is 0 Å². The summed E-state index contributed by atoms with van der Waals surface area (Å²) in [4.78, 5) is 12.0. The number of carbonyl (C=O) groups is 1. The van der Waals surface area contributed by atoms with E-state index in [4.69, 9.17) is 5.73 Å². The fourth-order valence-corrected chi connectivity index (χ4v) is 1.50. The standard InChI is InChI=1S/C14H21NO/c1-10-7-5-6-8-11(10)12(16)9-13(15)14(2,3)4/h5-8,13H,9,15H2,1-4H3. The zero-order valence-electron chi connectivity index (χ0n) is 10.6. The summed E-state index contributed by atoms with van der Waals surface area (Å²) in [5.41, 5.74) is 7.80. The van der Waals surface area contributed by atoms with E-state index in [0.717, 1.165) is 11.1 Å². The number of nitrogens with two attached hydrogens (primary N) is 1. The fraction of sp³-hybridized carbons (Fsp3) is 0.500. The molecule has 0 saturated carbocycles. The Bertz CT molecular complexity index is 377. The molecule has 0 heterocycles. The van der Waals surface area contributed by atoms with Gasteiger partial charge in [-0.25, -0.2) is 0 Å². The van der Waals surface area contributed by atoms with Gasteiger partial charge in [-0.2, -0.15) is 0 Å². The van der Waals surface area contributed by atoms with Crippen molar-refractivity contribution in [3.05, 3.63) is 35.4 Å². The molecule has 0 fully saturated rings. The Balaban J connectivity index is 2.78. The lowest BCUT2D eigenvalue weighted by atomic mass is 9.83. The highest BCUT2D eigenvalue weighted by atomic mass is 16.1. The summed E-state index contributed by atoms with van der Waals surface area (Å²) in [5.74, 6) is 0.139. The lowest BCUT2D eigenvalue weighted by Crippen LogP contribution is -2.37. The smallest absolute Gasteiger partial charge is 0.164 e. The van der Waals surface area contributed by atoms with Crippen LogP contribution in [-0.2, 0) is 0 Å². The first-order valence-corrected chi connectivity index (χ1v) is 5.67. The van der Waals surface area contributed by atoms with Gasteiger partial charge in [0, 0.05) is 18.0 Å². The van der Waals surface area contributed by atoms with E-state index < -0.39 is 0 Å². The number of aryl methyl sites for hydroxylation is 1. The lowest BCUT2D eigenvalue weighted by molar-refractivity contribution is 0.0952. The van der Waals surface area contributed by atoms with Crippen LogP contribution in [0.25, 0.3) is 0 Å². The third kappa shape index (κ3) is 3.17. The Labute approximate surface area is 97.9 Å². The molecule has 2 heteroatoms. The molecule has 2 N–H and O–H groups in total. The van der Waals surface area contributed by atoms with Gasteiger partial charge >= 0.3 is 0 Å². The van der Waals surface area contributed by atoms with Gasteiger partial charge in [0.15, 0.2) is 5.78 Å². The van der Waals surface area contributed by atoms with Gasteiger partial charge in [0.1, 0.15) is 0 Å². The Morgan fingerprint density at radius 1 is 1.31 bits per heavy atom. The molecule has 1 aromatic carbocycles. The molecule has 16 heavy (non-hydrogen) atoms. The lowest BCUT2D eigenvalue weighted by Gasteiger charge is -2.26. The summed E-state index contributed by atoms with van der Waals surface area (Å²) in [6.07, 6.45) is 0.411. The van der Waals surface area contributed by atoms with Crippen molar-refractivity contribution >= 4 is 5.78 Å². The van der Waals surface area contributed by atoms with Gasteiger partial charge in [-0.15, -0.1) is 0 Å². The maximum atomic E-state index is 12.0. The highest BCUT2D eigenvalue weighted by molar-refractivity contribution is 5.97. The fourth-order valence-electron chi connectivity index (χ4n) is 1.50. The molecule has 1 rings (SSSR count). The zero-order valence-corrected chi connectivity index (χ0v) is 10.6. The van der Waals surface area contributed by atoms with Crippen LogP contribution in [0.15, 0.2) is 24.3 Å². The molecule has 0 amide bonds. The van der Waals surface area contributed by atoms with E-state index in [-0.39, 0.29) is 17.2 Å². The average molecular weight is 219 g/mol. The molecule has 2 nitrogen and oxygen atoms in total. The summed E-state index contributed by atoms with van der Waals surface area (Å²) in [7, 11) is 0.